The van der Waals surface area contributed by atoms with Gasteiger partial charge >= 0.3 is 0 Å². The molecule has 1 aliphatic rings. The average Bonchev–Trinajstić information content (AvgIpc) is 3.42. The number of hydrogen-bond donors (Lipinski definition) is 0. The van der Waals surface area contributed by atoms with Crippen molar-refractivity contribution in [3.8, 4) is 5.69 Å². The molecule has 0 aliphatic carbocycles. The highest BCUT2D eigenvalue weighted by atomic mass is 127. The van der Waals surface area contributed by atoms with Gasteiger partial charge in [0.25, 0.3) is 0 Å². The molecule has 4 heterocycles. The highest BCUT2D eigenvalue weighted by Crippen LogP contribution is 2.37. The zero-order valence-corrected chi connectivity index (χ0v) is 16.8. The monoisotopic (exact) mass is 492 g/mol. The van der Waals surface area contributed by atoms with Gasteiger partial charge in [-0.15, -0.1) is 0 Å². The predicted molar refractivity (Wildman–Crippen MR) is 109 cm³/mol. The third-order valence-corrected chi connectivity index (χ3v) is 5.55. The number of aromatic nitrogens is 5. The molecule has 0 spiro atoms. The number of fused-ring (bicyclic) bond motifs is 1. The van der Waals surface area contributed by atoms with E-state index in [1.165, 1.54) is 12.1 Å². The first kappa shape index (κ1) is 17.5. The molecule has 3 aromatic heterocycles. The summed E-state index contributed by atoms with van der Waals surface area (Å²) in [6.45, 7) is 0.729. The van der Waals surface area contributed by atoms with Crippen molar-refractivity contribution in [2.45, 2.75) is 18.9 Å². The van der Waals surface area contributed by atoms with Gasteiger partial charge in [0.05, 0.1) is 22.0 Å². The Morgan fingerprint density at radius 2 is 2.00 bits per heavy atom. The molecule has 4 aromatic rings. The van der Waals surface area contributed by atoms with E-state index in [-0.39, 0.29) is 6.04 Å². The van der Waals surface area contributed by atoms with Crippen molar-refractivity contribution >= 4 is 34.1 Å². The third kappa shape index (κ3) is 2.93. The van der Waals surface area contributed by atoms with Crippen molar-refractivity contribution in [1.82, 2.24) is 24.4 Å². The molecule has 1 unspecified atom stereocenters. The largest absolute Gasteiger partial charge is 0.349 e. The van der Waals surface area contributed by atoms with Crippen LogP contribution in [0.1, 0.15) is 24.4 Å². The number of hydrogen-bond acceptors (Lipinski definition) is 4. The molecule has 1 aromatic carbocycles. The van der Waals surface area contributed by atoms with E-state index in [0.717, 1.165) is 34.7 Å². The van der Waals surface area contributed by atoms with Crippen LogP contribution in [0.25, 0.3) is 11.3 Å². The second-order valence-corrected chi connectivity index (χ2v) is 7.95. The zero-order valence-electron chi connectivity index (χ0n) is 14.6. The molecule has 1 aliphatic heterocycles. The highest BCUT2D eigenvalue weighted by molar-refractivity contribution is 14.1. The van der Waals surface area contributed by atoms with Crippen LogP contribution in [-0.2, 0) is 0 Å². The van der Waals surface area contributed by atoms with Crippen LogP contribution in [0.5, 0.6) is 0 Å². The van der Waals surface area contributed by atoms with Crippen LogP contribution in [-0.4, -0.2) is 30.9 Å². The van der Waals surface area contributed by atoms with Crippen LogP contribution in [0.3, 0.4) is 0 Å². The summed E-state index contributed by atoms with van der Waals surface area (Å²) in [6.07, 6.45) is 8.83. The van der Waals surface area contributed by atoms with Gasteiger partial charge in [-0.25, -0.2) is 23.0 Å². The first-order valence-corrected chi connectivity index (χ1v) is 9.94. The molecular weight excluding hydrogens is 477 g/mol. The molecule has 9 heteroatoms. The molecule has 142 valence electrons. The van der Waals surface area contributed by atoms with E-state index in [1.807, 2.05) is 23.4 Å². The normalized spacial score (nSPS) is 17.0. The van der Waals surface area contributed by atoms with Crippen molar-refractivity contribution in [2.24, 2.45) is 0 Å². The Morgan fingerprint density at radius 3 is 2.82 bits per heavy atom. The van der Waals surface area contributed by atoms with Crippen LogP contribution < -0.4 is 4.90 Å². The van der Waals surface area contributed by atoms with E-state index in [2.05, 4.69) is 32.8 Å². The molecular formula is C19H15F2IN6. The summed E-state index contributed by atoms with van der Waals surface area (Å²) < 4.78 is 32.5. The molecule has 1 atom stereocenters. The second-order valence-electron chi connectivity index (χ2n) is 6.70. The van der Waals surface area contributed by atoms with Crippen molar-refractivity contribution in [3.63, 3.8) is 0 Å². The first-order valence-electron chi connectivity index (χ1n) is 8.87. The number of nitrogens with zero attached hydrogens (tertiary/aromatic N) is 6. The molecule has 6 nitrogen and oxygen atoms in total. The van der Waals surface area contributed by atoms with E-state index in [9.17, 15) is 8.78 Å². The Labute approximate surface area is 172 Å². The fourth-order valence-electron chi connectivity index (χ4n) is 3.74. The Bertz CT molecular complexity index is 1170. The van der Waals surface area contributed by atoms with E-state index in [0.29, 0.717) is 17.0 Å². The summed E-state index contributed by atoms with van der Waals surface area (Å²) in [5.41, 5.74) is 1.79. The van der Waals surface area contributed by atoms with Gasteiger partial charge in [-0.1, -0.05) is 0 Å². The molecule has 0 N–H and O–H groups in total. The maximum Gasteiger partial charge on any atom is 0.183 e. The lowest BCUT2D eigenvalue weighted by molar-refractivity contribution is 0.560. The lowest BCUT2D eigenvalue weighted by atomic mass is 10.0. The predicted octanol–water partition coefficient (Wildman–Crippen LogP) is 4.14. The molecule has 28 heavy (non-hydrogen) atoms. The lowest BCUT2D eigenvalue weighted by Crippen LogP contribution is -2.24. The molecule has 1 saturated heterocycles. The van der Waals surface area contributed by atoms with Crippen LogP contribution in [0, 0.1) is 15.2 Å². The molecule has 1 fully saturated rings. The van der Waals surface area contributed by atoms with Crippen LogP contribution in [0.15, 0.2) is 49.1 Å². The summed E-state index contributed by atoms with van der Waals surface area (Å²) in [6, 6.07) is 5.22. The zero-order chi connectivity index (χ0) is 19.3. The summed E-state index contributed by atoms with van der Waals surface area (Å²) in [5.74, 6) is -0.115. The van der Waals surface area contributed by atoms with Crippen molar-refractivity contribution < 1.29 is 8.78 Å². The Balaban J connectivity index is 1.57. The van der Waals surface area contributed by atoms with Gasteiger partial charge in [0.2, 0.25) is 0 Å². The third-order valence-electron chi connectivity index (χ3n) is 5.00. The summed E-state index contributed by atoms with van der Waals surface area (Å²) >= 11 is 2.20. The molecule has 0 amide bonds. The Kier molecular flexibility index (Phi) is 4.26. The van der Waals surface area contributed by atoms with Gasteiger partial charge < -0.3 is 4.90 Å². The summed E-state index contributed by atoms with van der Waals surface area (Å²) in [7, 11) is 0. The van der Waals surface area contributed by atoms with Crippen molar-refractivity contribution in [3.05, 3.63) is 69.8 Å². The van der Waals surface area contributed by atoms with E-state index in [1.54, 1.807) is 21.6 Å². The summed E-state index contributed by atoms with van der Waals surface area (Å²) in [5, 5.41) is 8.67. The highest BCUT2D eigenvalue weighted by Gasteiger charge is 2.30. The number of rotatable bonds is 3. The second kappa shape index (κ2) is 6.80. The number of anilines is 1. The van der Waals surface area contributed by atoms with Crippen molar-refractivity contribution in [2.75, 3.05) is 11.4 Å². The van der Waals surface area contributed by atoms with Crippen molar-refractivity contribution in [1.29, 1.82) is 0 Å². The number of halogens is 3. The molecule has 0 radical (unpaired) electrons. The number of benzene rings is 1. The minimum atomic E-state index is -0.432. The van der Waals surface area contributed by atoms with Gasteiger partial charge in [-0.3, -0.25) is 0 Å². The van der Waals surface area contributed by atoms with Gasteiger partial charge in [0.15, 0.2) is 5.65 Å². The van der Waals surface area contributed by atoms with E-state index >= 15 is 0 Å². The van der Waals surface area contributed by atoms with Crippen LogP contribution >= 0.6 is 22.6 Å². The minimum Gasteiger partial charge on any atom is -0.349 e. The maximum atomic E-state index is 14.4. The Hall–Kier alpha value is -2.56. The fraction of sp³-hybridized carbons (Fsp3) is 0.211. The van der Waals surface area contributed by atoms with Gasteiger partial charge in [-0.05, 0) is 59.7 Å². The average molecular weight is 492 g/mol. The SMILES string of the molecule is Fc1ccc(F)c(C2CCCN2c2ccn3ncc(-n4cc(I)cn4)c3n2)c1. The van der Waals surface area contributed by atoms with E-state index in [4.69, 9.17) is 4.98 Å². The lowest BCUT2D eigenvalue weighted by Gasteiger charge is -2.26. The van der Waals surface area contributed by atoms with Gasteiger partial charge in [0, 0.05) is 24.5 Å². The molecule has 5 rings (SSSR count). The fourth-order valence-corrected chi connectivity index (χ4v) is 4.12. The summed E-state index contributed by atoms with van der Waals surface area (Å²) in [4.78, 5) is 6.81. The smallest absolute Gasteiger partial charge is 0.183 e. The molecule has 0 bridgehead atoms. The Morgan fingerprint density at radius 1 is 1.11 bits per heavy atom. The van der Waals surface area contributed by atoms with Crippen LogP contribution in [0.2, 0.25) is 0 Å². The maximum absolute atomic E-state index is 14.4. The van der Waals surface area contributed by atoms with E-state index < -0.39 is 11.6 Å². The molecule has 0 saturated carbocycles. The topological polar surface area (TPSA) is 51.2 Å². The van der Waals surface area contributed by atoms with Gasteiger partial charge in [-0.2, -0.15) is 10.2 Å². The van der Waals surface area contributed by atoms with Gasteiger partial charge in [0.1, 0.15) is 23.1 Å². The first-order chi connectivity index (χ1) is 13.6. The standard InChI is InChI=1S/C19H15F2IN6/c20-12-3-4-15(21)14(8-12)16-2-1-6-26(16)18-5-7-27-19(25-18)17(10-24-27)28-11-13(22)9-23-28/h3-5,7-11,16H,1-2,6H2. The quantitative estimate of drug-likeness (QED) is 0.404. The minimum absolute atomic E-state index is 0.248. The van der Waals surface area contributed by atoms with Crippen LogP contribution in [0.4, 0.5) is 14.6 Å².